The molecule has 0 aliphatic heterocycles. The van der Waals surface area contributed by atoms with Crippen LogP contribution in [-0.2, 0) is 12.4 Å². The van der Waals surface area contributed by atoms with Gasteiger partial charge in [0.25, 0.3) is 0 Å². The highest BCUT2D eigenvalue weighted by Gasteiger charge is 2.32. The number of fused-ring (bicyclic) bond motifs is 3. The van der Waals surface area contributed by atoms with E-state index in [4.69, 9.17) is 19.9 Å². The van der Waals surface area contributed by atoms with Crippen LogP contribution in [0, 0.1) is 13.8 Å². The van der Waals surface area contributed by atoms with Crippen molar-refractivity contribution in [3.8, 4) is 95.7 Å². The fourth-order valence-corrected chi connectivity index (χ4v) is 10.1. The van der Waals surface area contributed by atoms with E-state index in [-0.39, 0.29) is 0 Å². The number of aryl methyl sites for hydroxylation is 2. The van der Waals surface area contributed by atoms with Crippen molar-refractivity contribution in [1.82, 2.24) is 24.5 Å². The maximum atomic E-state index is 14.4. The zero-order valence-electron chi connectivity index (χ0n) is 41.4. The molecule has 0 bridgehead atoms. The second kappa shape index (κ2) is 19.3. The lowest BCUT2D eigenvalue weighted by atomic mass is 9.98. The molecule has 77 heavy (non-hydrogen) atoms. The Morgan fingerprint density at radius 2 is 0.675 bits per heavy atom. The smallest absolute Gasteiger partial charge is 0.308 e. The molecule has 0 unspecified atom stereocenters. The number of nitrogens with zero attached hydrogens (tertiary/aromatic N) is 5. The summed E-state index contributed by atoms with van der Waals surface area (Å²) in [7, 11) is 0. The first-order valence-electron chi connectivity index (χ1n) is 24.8. The van der Waals surface area contributed by atoms with Gasteiger partial charge in [-0.25, -0.2) is 19.9 Å². The zero-order chi connectivity index (χ0) is 53.0. The Labute approximate surface area is 439 Å². The van der Waals surface area contributed by atoms with Gasteiger partial charge in [-0.3, -0.25) is 0 Å². The molecule has 0 saturated carbocycles. The Hall–Kier alpha value is -9.48. The second-order valence-corrected chi connectivity index (χ2v) is 19.1. The van der Waals surface area contributed by atoms with Crippen molar-refractivity contribution >= 4 is 21.8 Å². The lowest BCUT2D eigenvalue weighted by Crippen LogP contribution is -2.05. The van der Waals surface area contributed by atoms with E-state index in [1.54, 1.807) is 38.1 Å². The van der Waals surface area contributed by atoms with Gasteiger partial charge in [0, 0.05) is 44.2 Å². The standard InChI is InChI=1S/C66H43F6N5/c1-40-29-49(33-51(31-40)65(67,68)69)46-23-26-53-54-27-24-47(50-30-41(2)32-52(34-50)66(70,71)72)37-62(54)77(61(53)36-46)60-28-25-48(63-73-56(42-15-7-3-8-16-42)38-57(74-63)43-17-9-4-10-18-43)35-55(60)64-75-58(44-19-11-5-12-20-44)39-59(76-64)45-21-13-6-14-22-45/h3-39H,1-2H3. The SMILES string of the molecule is Cc1cc(-c2ccc3c4ccc(-c5cc(C)cc(C(F)(F)F)c5)cc4n(-c4ccc(-c5nc(-c6ccccc6)cc(-c6ccccc6)n5)cc4-c4nc(-c5ccccc5)cc(-c5ccccc5)n4)c3c2)cc(C(F)(F)F)c1. The predicted octanol–water partition coefficient (Wildman–Crippen LogP) is 18.4. The summed E-state index contributed by atoms with van der Waals surface area (Å²) in [5.74, 6) is 0.765. The van der Waals surface area contributed by atoms with Crippen LogP contribution >= 0.6 is 0 Å². The molecular weight excluding hydrogens is 977 g/mol. The van der Waals surface area contributed by atoms with E-state index in [9.17, 15) is 26.3 Å². The van der Waals surface area contributed by atoms with E-state index in [1.807, 2.05) is 180 Å². The Bertz CT molecular complexity index is 3960. The Kier molecular flexibility index (Phi) is 12.2. The Balaban J connectivity index is 1.18. The molecule has 11 heteroatoms. The largest absolute Gasteiger partial charge is 0.416 e. The van der Waals surface area contributed by atoms with Crippen molar-refractivity contribution in [2.24, 2.45) is 0 Å². The summed E-state index contributed by atoms with van der Waals surface area (Å²) < 4.78 is 88.4. The summed E-state index contributed by atoms with van der Waals surface area (Å²) in [6.45, 7) is 3.27. The molecule has 12 aromatic rings. The number of hydrogen-bond acceptors (Lipinski definition) is 4. The molecule has 0 radical (unpaired) electrons. The average molecular weight is 1020 g/mol. The first kappa shape index (κ1) is 48.5. The van der Waals surface area contributed by atoms with Gasteiger partial charge >= 0.3 is 12.4 Å². The molecule has 0 aliphatic carbocycles. The lowest BCUT2D eigenvalue weighted by Gasteiger charge is -2.18. The fraction of sp³-hybridized carbons (Fsp3) is 0.0606. The van der Waals surface area contributed by atoms with Crippen molar-refractivity contribution in [3.05, 3.63) is 247 Å². The summed E-state index contributed by atoms with van der Waals surface area (Å²) in [6.07, 6.45) is -9.18. The van der Waals surface area contributed by atoms with Crippen LogP contribution in [0.25, 0.3) is 118 Å². The van der Waals surface area contributed by atoms with Crippen molar-refractivity contribution in [2.45, 2.75) is 26.2 Å². The summed E-state index contributed by atoms with van der Waals surface area (Å²) in [5.41, 5.74) is 10.3. The highest BCUT2D eigenvalue weighted by molar-refractivity contribution is 6.11. The third-order valence-electron chi connectivity index (χ3n) is 13.7. The monoisotopic (exact) mass is 1020 g/mol. The molecule has 12 rings (SSSR count). The van der Waals surface area contributed by atoms with Gasteiger partial charge in [-0.05, 0) is 114 Å². The molecule has 0 N–H and O–H groups in total. The molecule has 374 valence electrons. The highest BCUT2D eigenvalue weighted by Crippen LogP contribution is 2.43. The molecule has 0 spiro atoms. The fourth-order valence-electron chi connectivity index (χ4n) is 10.1. The first-order chi connectivity index (χ1) is 37.2. The molecule has 0 fully saturated rings. The molecule has 0 saturated heterocycles. The van der Waals surface area contributed by atoms with Gasteiger partial charge in [0.1, 0.15) is 0 Å². The van der Waals surface area contributed by atoms with Crippen LogP contribution in [0.3, 0.4) is 0 Å². The van der Waals surface area contributed by atoms with Crippen LogP contribution in [0.1, 0.15) is 22.3 Å². The van der Waals surface area contributed by atoms with Crippen LogP contribution in [0.15, 0.2) is 224 Å². The number of benzene rings is 9. The molecule has 0 amide bonds. The van der Waals surface area contributed by atoms with Crippen LogP contribution in [-0.4, -0.2) is 24.5 Å². The molecule has 0 aliphatic rings. The normalized spacial score (nSPS) is 11.9. The van der Waals surface area contributed by atoms with E-state index in [0.29, 0.717) is 95.7 Å². The van der Waals surface area contributed by atoms with Gasteiger partial charge in [-0.2, -0.15) is 26.3 Å². The molecule has 5 nitrogen and oxygen atoms in total. The van der Waals surface area contributed by atoms with Gasteiger partial charge in [0.15, 0.2) is 11.6 Å². The Morgan fingerprint density at radius 3 is 1.05 bits per heavy atom. The summed E-state index contributed by atoms with van der Waals surface area (Å²) in [4.78, 5) is 21.0. The molecule has 9 aromatic carbocycles. The zero-order valence-corrected chi connectivity index (χ0v) is 41.4. The van der Waals surface area contributed by atoms with E-state index < -0.39 is 23.5 Å². The molecular formula is C66H43F6N5. The van der Waals surface area contributed by atoms with Crippen molar-refractivity contribution in [3.63, 3.8) is 0 Å². The maximum absolute atomic E-state index is 14.4. The Morgan fingerprint density at radius 1 is 0.312 bits per heavy atom. The van der Waals surface area contributed by atoms with E-state index >= 15 is 0 Å². The first-order valence-corrected chi connectivity index (χ1v) is 24.8. The number of aromatic nitrogens is 5. The number of hydrogen-bond donors (Lipinski definition) is 0. The predicted molar refractivity (Wildman–Crippen MR) is 295 cm³/mol. The summed E-state index contributed by atoms with van der Waals surface area (Å²) in [5, 5.41) is 1.51. The van der Waals surface area contributed by atoms with Gasteiger partial charge in [0.2, 0.25) is 0 Å². The van der Waals surface area contributed by atoms with E-state index in [1.165, 1.54) is 0 Å². The lowest BCUT2D eigenvalue weighted by molar-refractivity contribution is -0.138. The van der Waals surface area contributed by atoms with Gasteiger partial charge in [-0.1, -0.05) is 158 Å². The van der Waals surface area contributed by atoms with Crippen LogP contribution in [0.4, 0.5) is 26.3 Å². The molecule has 0 atom stereocenters. The van der Waals surface area contributed by atoms with Crippen molar-refractivity contribution in [1.29, 1.82) is 0 Å². The third kappa shape index (κ3) is 9.64. The highest BCUT2D eigenvalue weighted by atomic mass is 19.4. The minimum Gasteiger partial charge on any atom is -0.308 e. The van der Waals surface area contributed by atoms with E-state index in [0.717, 1.165) is 57.3 Å². The molecule has 3 aromatic heterocycles. The summed E-state index contributed by atoms with van der Waals surface area (Å²) >= 11 is 0. The van der Waals surface area contributed by atoms with Crippen LogP contribution in [0.2, 0.25) is 0 Å². The summed E-state index contributed by atoms with van der Waals surface area (Å²) in [6, 6.07) is 68.1. The number of rotatable bonds is 9. The topological polar surface area (TPSA) is 56.5 Å². The van der Waals surface area contributed by atoms with Crippen LogP contribution < -0.4 is 0 Å². The van der Waals surface area contributed by atoms with Crippen molar-refractivity contribution < 1.29 is 26.3 Å². The van der Waals surface area contributed by atoms with Crippen LogP contribution in [0.5, 0.6) is 0 Å². The number of halogens is 6. The molecule has 3 heterocycles. The third-order valence-corrected chi connectivity index (χ3v) is 13.7. The van der Waals surface area contributed by atoms with Crippen molar-refractivity contribution in [2.75, 3.05) is 0 Å². The van der Waals surface area contributed by atoms with Gasteiger partial charge < -0.3 is 4.57 Å². The number of alkyl halides is 6. The average Bonchev–Trinajstić information content (AvgIpc) is 4.00. The van der Waals surface area contributed by atoms with E-state index in [2.05, 4.69) is 0 Å². The maximum Gasteiger partial charge on any atom is 0.416 e. The minimum atomic E-state index is -4.59. The van der Waals surface area contributed by atoms with Gasteiger partial charge in [0.05, 0.1) is 50.6 Å². The minimum absolute atomic E-state index is 0.342. The van der Waals surface area contributed by atoms with Gasteiger partial charge in [-0.15, -0.1) is 0 Å². The quantitative estimate of drug-likeness (QED) is 0.135. The second-order valence-electron chi connectivity index (χ2n) is 19.1.